The minimum atomic E-state index is -0.351. The molecule has 0 fully saturated rings. The first kappa shape index (κ1) is 14.9. The normalized spacial score (nSPS) is 11.8. The van der Waals surface area contributed by atoms with Crippen LogP contribution in [0.5, 0.6) is 0 Å². The molecule has 0 unspecified atom stereocenters. The third-order valence-electron chi connectivity index (χ3n) is 2.95. The Bertz CT molecular complexity index is 627. The average Bonchev–Trinajstić information content (AvgIpc) is 2.46. The second kappa shape index (κ2) is 6.30. The van der Waals surface area contributed by atoms with E-state index < -0.39 is 0 Å². The fourth-order valence-electron chi connectivity index (χ4n) is 1.94. The van der Waals surface area contributed by atoms with Crippen LogP contribution in [0.25, 0.3) is 11.4 Å². The average molecular weight is 285 g/mol. The summed E-state index contributed by atoms with van der Waals surface area (Å²) in [6, 6.07) is 5.21. The number of anilines is 1. The predicted molar refractivity (Wildman–Crippen MR) is 81.8 cm³/mol. The summed E-state index contributed by atoms with van der Waals surface area (Å²) in [5.41, 5.74) is 1.67. The summed E-state index contributed by atoms with van der Waals surface area (Å²) in [7, 11) is 3.46. The molecule has 2 aromatic heterocycles. The Morgan fingerprint density at radius 3 is 2.71 bits per heavy atom. The van der Waals surface area contributed by atoms with Crippen LogP contribution >= 0.6 is 0 Å². The molecule has 0 saturated heterocycles. The van der Waals surface area contributed by atoms with Crippen molar-refractivity contribution in [3.63, 3.8) is 0 Å². The van der Waals surface area contributed by atoms with Gasteiger partial charge in [-0.1, -0.05) is 0 Å². The number of amides is 1. The number of likely N-dealkylation sites (N-methyl/N-ethyl adjacent to an activating group) is 1. The molecular formula is C15H19N5O. The molecule has 1 amide bonds. The fraction of sp³-hybridized carbons (Fsp3) is 0.333. The molecule has 2 aromatic rings. The number of pyridine rings is 1. The van der Waals surface area contributed by atoms with Crippen LogP contribution in [-0.2, 0) is 4.79 Å². The quantitative estimate of drug-likeness (QED) is 0.926. The summed E-state index contributed by atoms with van der Waals surface area (Å²) in [4.78, 5) is 26.4. The molecule has 0 spiro atoms. The molecule has 0 aliphatic carbocycles. The van der Waals surface area contributed by atoms with E-state index >= 15 is 0 Å². The van der Waals surface area contributed by atoms with E-state index in [1.165, 1.54) is 0 Å². The highest BCUT2D eigenvalue weighted by atomic mass is 16.2. The molecule has 0 bridgehead atoms. The number of hydrogen-bond donors (Lipinski definition) is 1. The van der Waals surface area contributed by atoms with Crippen molar-refractivity contribution >= 4 is 11.7 Å². The third-order valence-corrected chi connectivity index (χ3v) is 2.95. The Morgan fingerprint density at radius 1 is 1.33 bits per heavy atom. The number of nitrogens with one attached hydrogen (secondary N) is 1. The van der Waals surface area contributed by atoms with E-state index in [2.05, 4.69) is 20.3 Å². The van der Waals surface area contributed by atoms with Crippen molar-refractivity contribution in [3.05, 3.63) is 36.3 Å². The third kappa shape index (κ3) is 3.75. The molecule has 0 aliphatic rings. The van der Waals surface area contributed by atoms with Gasteiger partial charge < -0.3 is 10.2 Å². The zero-order chi connectivity index (χ0) is 15.4. The van der Waals surface area contributed by atoms with Gasteiger partial charge in [0.25, 0.3) is 0 Å². The summed E-state index contributed by atoms with van der Waals surface area (Å²) in [6.07, 6.45) is 3.42. The smallest absolute Gasteiger partial charge is 0.244 e. The van der Waals surface area contributed by atoms with Gasteiger partial charge >= 0.3 is 0 Å². The summed E-state index contributed by atoms with van der Waals surface area (Å²) in [5.74, 6) is 1.22. The zero-order valence-electron chi connectivity index (χ0n) is 12.7. The fourth-order valence-corrected chi connectivity index (χ4v) is 1.94. The van der Waals surface area contributed by atoms with E-state index in [0.29, 0.717) is 11.6 Å². The topological polar surface area (TPSA) is 71.0 Å². The van der Waals surface area contributed by atoms with Crippen LogP contribution < -0.4 is 5.32 Å². The van der Waals surface area contributed by atoms with E-state index in [-0.39, 0.29) is 11.9 Å². The first-order chi connectivity index (χ1) is 9.97. The van der Waals surface area contributed by atoms with E-state index in [4.69, 9.17) is 0 Å². The summed E-state index contributed by atoms with van der Waals surface area (Å²) in [6.45, 7) is 3.70. The summed E-state index contributed by atoms with van der Waals surface area (Å²) in [5, 5.41) is 3.11. The zero-order valence-corrected chi connectivity index (χ0v) is 12.7. The van der Waals surface area contributed by atoms with Crippen molar-refractivity contribution in [1.29, 1.82) is 0 Å². The van der Waals surface area contributed by atoms with Crippen LogP contribution in [0.3, 0.4) is 0 Å². The van der Waals surface area contributed by atoms with Gasteiger partial charge in [0.05, 0.1) is 0 Å². The summed E-state index contributed by atoms with van der Waals surface area (Å²) >= 11 is 0. The Balaban J connectivity index is 2.26. The van der Waals surface area contributed by atoms with Crippen molar-refractivity contribution in [1.82, 2.24) is 19.9 Å². The first-order valence-corrected chi connectivity index (χ1v) is 6.71. The van der Waals surface area contributed by atoms with Crippen LogP contribution in [0, 0.1) is 6.92 Å². The number of aromatic nitrogens is 3. The van der Waals surface area contributed by atoms with Crippen molar-refractivity contribution in [2.75, 3.05) is 19.4 Å². The van der Waals surface area contributed by atoms with Crippen molar-refractivity contribution < 1.29 is 4.79 Å². The molecule has 110 valence electrons. The molecule has 6 nitrogen and oxygen atoms in total. The lowest BCUT2D eigenvalue weighted by molar-refractivity contribution is -0.129. The van der Waals surface area contributed by atoms with Gasteiger partial charge in [0, 0.05) is 43.8 Å². The number of aryl methyl sites for hydroxylation is 1. The molecule has 6 heteroatoms. The van der Waals surface area contributed by atoms with Gasteiger partial charge in [-0.15, -0.1) is 0 Å². The Morgan fingerprint density at radius 2 is 2.10 bits per heavy atom. The number of hydrogen-bond acceptors (Lipinski definition) is 5. The largest absolute Gasteiger partial charge is 0.358 e. The molecule has 0 aliphatic heterocycles. The van der Waals surface area contributed by atoms with Gasteiger partial charge in [-0.05, 0) is 26.0 Å². The Kier molecular flexibility index (Phi) is 4.47. The maximum absolute atomic E-state index is 11.9. The standard InChI is InChI=1S/C15H19N5O/c1-10-8-13(18-11(2)15(21)20(3)4)19-14(17-10)12-6-5-7-16-9-12/h5-9,11H,1-4H3,(H,17,18,19)/t11-/m0/s1. The Hall–Kier alpha value is -2.50. The maximum Gasteiger partial charge on any atom is 0.244 e. The Labute approximate surface area is 124 Å². The lowest BCUT2D eigenvalue weighted by Crippen LogP contribution is -2.36. The number of rotatable bonds is 4. The predicted octanol–water partition coefficient (Wildman–Crippen LogP) is 1.74. The van der Waals surface area contributed by atoms with E-state index in [9.17, 15) is 4.79 Å². The second-order valence-electron chi connectivity index (χ2n) is 5.06. The molecular weight excluding hydrogens is 266 g/mol. The van der Waals surface area contributed by atoms with Crippen LogP contribution in [0.2, 0.25) is 0 Å². The van der Waals surface area contributed by atoms with E-state index in [1.807, 2.05) is 32.0 Å². The highest BCUT2D eigenvalue weighted by Gasteiger charge is 2.15. The molecule has 2 rings (SSSR count). The molecule has 21 heavy (non-hydrogen) atoms. The van der Waals surface area contributed by atoms with Gasteiger partial charge in [0.15, 0.2) is 5.82 Å². The van der Waals surface area contributed by atoms with Crippen molar-refractivity contribution in [2.45, 2.75) is 19.9 Å². The van der Waals surface area contributed by atoms with Gasteiger partial charge in [0.2, 0.25) is 5.91 Å². The van der Waals surface area contributed by atoms with Crippen LogP contribution in [0.4, 0.5) is 5.82 Å². The minimum Gasteiger partial charge on any atom is -0.358 e. The van der Waals surface area contributed by atoms with Crippen LogP contribution in [-0.4, -0.2) is 45.9 Å². The molecule has 1 N–H and O–H groups in total. The SMILES string of the molecule is Cc1cc(N[C@@H](C)C(=O)N(C)C)nc(-c2cccnc2)n1. The second-order valence-corrected chi connectivity index (χ2v) is 5.06. The van der Waals surface area contributed by atoms with Crippen LogP contribution in [0.15, 0.2) is 30.6 Å². The van der Waals surface area contributed by atoms with Crippen molar-refractivity contribution in [2.24, 2.45) is 0 Å². The molecule has 0 saturated carbocycles. The van der Waals surface area contributed by atoms with Gasteiger partial charge in [0.1, 0.15) is 11.9 Å². The number of carbonyl (C=O) groups is 1. The van der Waals surface area contributed by atoms with E-state index in [0.717, 1.165) is 11.3 Å². The highest BCUT2D eigenvalue weighted by molar-refractivity contribution is 5.83. The first-order valence-electron chi connectivity index (χ1n) is 6.71. The lowest BCUT2D eigenvalue weighted by Gasteiger charge is -2.18. The van der Waals surface area contributed by atoms with Gasteiger partial charge in [-0.3, -0.25) is 9.78 Å². The van der Waals surface area contributed by atoms with Gasteiger partial charge in [-0.25, -0.2) is 9.97 Å². The number of carbonyl (C=O) groups excluding carboxylic acids is 1. The lowest BCUT2D eigenvalue weighted by atomic mass is 10.2. The number of nitrogens with zero attached hydrogens (tertiary/aromatic N) is 4. The molecule has 0 radical (unpaired) electrons. The van der Waals surface area contributed by atoms with Crippen LogP contribution in [0.1, 0.15) is 12.6 Å². The minimum absolute atomic E-state index is 0.00538. The van der Waals surface area contributed by atoms with Gasteiger partial charge in [-0.2, -0.15) is 0 Å². The molecule has 2 heterocycles. The summed E-state index contributed by atoms with van der Waals surface area (Å²) < 4.78 is 0. The monoisotopic (exact) mass is 285 g/mol. The highest BCUT2D eigenvalue weighted by Crippen LogP contribution is 2.17. The molecule has 1 atom stereocenters. The maximum atomic E-state index is 11.9. The van der Waals surface area contributed by atoms with Crippen molar-refractivity contribution in [3.8, 4) is 11.4 Å². The molecule has 0 aromatic carbocycles. The van der Waals surface area contributed by atoms with E-state index in [1.54, 1.807) is 31.4 Å².